The van der Waals surface area contributed by atoms with E-state index in [1.807, 2.05) is 19.1 Å². The number of ether oxygens (including phenoxy) is 3. The normalized spacial score (nSPS) is 11.5. The molecule has 0 aliphatic rings. The van der Waals surface area contributed by atoms with Crippen molar-refractivity contribution in [3.05, 3.63) is 100.0 Å². The highest BCUT2D eigenvalue weighted by Crippen LogP contribution is 2.37. The minimum absolute atomic E-state index is 0.144. The molecule has 0 fully saturated rings. The van der Waals surface area contributed by atoms with E-state index in [2.05, 4.69) is 32.9 Å². The van der Waals surface area contributed by atoms with Gasteiger partial charge in [-0.15, -0.1) is 0 Å². The van der Waals surface area contributed by atoms with E-state index in [-0.39, 0.29) is 23.7 Å². The minimum atomic E-state index is -0.817. The monoisotopic (exact) mass is 516 g/mol. The van der Waals surface area contributed by atoms with Gasteiger partial charge < -0.3 is 18.6 Å². The van der Waals surface area contributed by atoms with Crippen LogP contribution in [0.25, 0.3) is 11.0 Å². The summed E-state index contributed by atoms with van der Waals surface area (Å²) in [6.07, 6.45) is 11.8. The van der Waals surface area contributed by atoms with Crippen LogP contribution in [0.1, 0.15) is 63.7 Å². The molecule has 0 aliphatic carbocycles. The summed E-state index contributed by atoms with van der Waals surface area (Å²) in [6, 6.07) is 13.7. The fourth-order valence-electron chi connectivity index (χ4n) is 3.70. The third-order valence-electron chi connectivity index (χ3n) is 5.71. The third kappa shape index (κ3) is 8.23. The van der Waals surface area contributed by atoms with E-state index in [1.54, 1.807) is 48.5 Å². The van der Waals surface area contributed by atoms with E-state index in [1.165, 1.54) is 5.57 Å². The number of allylic oxidation sites excluding steroid dienone is 4. The first-order valence-corrected chi connectivity index (χ1v) is 13.0. The molecule has 0 atom stereocenters. The SMILES string of the molecule is CCC=CCCOc1cccc2c(OC/C=C(\C)CCC=C(C)C)c(OC(=O)c3ccccc3)c(=O)oc12. The summed E-state index contributed by atoms with van der Waals surface area (Å²) in [7, 11) is 0. The lowest BCUT2D eigenvalue weighted by Gasteiger charge is -2.14. The lowest BCUT2D eigenvalue weighted by atomic mass is 10.1. The molecule has 0 saturated carbocycles. The molecule has 3 aromatic rings. The van der Waals surface area contributed by atoms with Gasteiger partial charge in [0.05, 0.1) is 17.6 Å². The van der Waals surface area contributed by atoms with Crippen LogP contribution in [0, 0.1) is 0 Å². The summed E-state index contributed by atoms with van der Waals surface area (Å²) < 4.78 is 23.1. The summed E-state index contributed by atoms with van der Waals surface area (Å²) in [5.41, 5.74) is 2.17. The molecule has 3 rings (SSSR count). The predicted octanol–water partition coefficient (Wildman–Crippen LogP) is 7.82. The van der Waals surface area contributed by atoms with Crippen molar-refractivity contribution in [1.82, 2.24) is 0 Å². The number of hydrogen-bond donors (Lipinski definition) is 0. The Balaban J connectivity index is 1.94. The molecule has 2 aromatic carbocycles. The largest absolute Gasteiger partial charge is 0.489 e. The Labute approximate surface area is 224 Å². The molecule has 0 saturated heterocycles. The van der Waals surface area contributed by atoms with E-state index in [0.717, 1.165) is 31.3 Å². The van der Waals surface area contributed by atoms with Crippen LogP contribution in [0.5, 0.6) is 17.2 Å². The maximum absolute atomic E-state index is 13.1. The number of benzene rings is 2. The molecule has 0 amide bonds. The first-order chi connectivity index (χ1) is 18.4. The van der Waals surface area contributed by atoms with Crippen molar-refractivity contribution in [1.29, 1.82) is 0 Å². The number of fused-ring (bicyclic) bond motifs is 1. The van der Waals surface area contributed by atoms with E-state index in [9.17, 15) is 9.59 Å². The Hall–Kier alpha value is -4.06. The van der Waals surface area contributed by atoms with Crippen LogP contribution in [-0.4, -0.2) is 19.2 Å². The lowest BCUT2D eigenvalue weighted by Crippen LogP contribution is -2.16. The van der Waals surface area contributed by atoms with Gasteiger partial charge in [0.25, 0.3) is 5.75 Å². The zero-order chi connectivity index (χ0) is 27.3. The molecule has 38 heavy (non-hydrogen) atoms. The Morgan fingerprint density at radius 2 is 1.68 bits per heavy atom. The number of carbonyl (C=O) groups excluding carboxylic acids is 1. The molecular weight excluding hydrogens is 480 g/mol. The van der Waals surface area contributed by atoms with Crippen molar-refractivity contribution in [2.45, 2.75) is 53.4 Å². The average molecular weight is 517 g/mol. The first-order valence-electron chi connectivity index (χ1n) is 13.0. The second-order valence-electron chi connectivity index (χ2n) is 9.13. The molecule has 200 valence electrons. The van der Waals surface area contributed by atoms with Crippen molar-refractivity contribution in [3.63, 3.8) is 0 Å². The minimum Gasteiger partial charge on any atom is -0.489 e. The van der Waals surface area contributed by atoms with E-state index in [0.29, 0.717) is 23.3 Å². The predicted molar refractivity (Wildman–Crippen MR) is 151 cm³/mol. The molecule has 0 bridgehead atoms. The number of esters is 1. The second kappa shape index (κ2) is 14.6. The lowest BCUT2D eigenvalue weighted by molar-refractivity contribution is 0.0722. The number of para-hydroxylation sites is 1. The Morgan fingerprint density at radius 3 is 2.42 bits per heavy atom. The molecule has 0 aliphatic heterocycles. The fourth-order valence-corrected chi connectivity index (χ4v) is 3.70. The van der Waals surface area contributed by atoms with Crippen LogP contribution >= 0.6 is 0 Å². The van der Waals surface area contributed by atoms with Crippen molar-refractivity contribution in [2.75, 3.05) is 13.2 Å². The van der Waals surface area contributed by atoms with E-state index in [4.69, 9.17) is 18.6 Å². The highest BCUT2D eigenvalue weighted by molar-refractivity contribution is 5.94. The van der Waals surface area contributed by atoms with Crippen molar-refractivity contribution in [3.8, 4) is 17.2 Å². The van der Waals surface area contributed by atoms with E-state index < -0.39 is 11.6 Å². The summed E-state index contributed by atoms with van der Waals surface area (Å²) in [4.78, 5) is 25.9. The molecular formula is C32H36O6. The van der Waals surface area contributed by atoms with Crippen molar-refractivity contribution in [2.24, 2.45) is 0 Å². The first kappa shape index (κ1) is 28.5. The van der Waals surface area contributed by atoms with Gasteiger partial charge in [-0.1, -0.05) is 60.6 Å². The van der Waals surface area contributed by atoms with Gasteiger partial charge in [-0.25, -0.2) is 9.59 Å². The topological polar surface area (TPSA) is 75.0 Å². The van der Waals surface area contributed by atoms with Gasteiger partial charge in [0.1, 0.15) is 6.61 Å². The van der Waals surface area contributed by atoms with Crippen molar-refractivity contribution < 1.29 is 23.4 Å². The molecule has 6 heteroatoms. The summed E-state index contributed by atoms with van der Waals surface area (Å²) in [6.45, 7) is 8.88. The number of rotatable bonds is 13. The van der Waals surface area contributed by atoms with E-state index >= 15 is 0 Å². The van der Waals surface area contributed by atoms with Crippen LogP contribution in [0.4, 0.5) is 0 Å². The van der Waals surface area contributed by atoms with Gasteiger partial charge in [-0.2, -0.15) is 0 Å². The maximum Gasteiger partial charge on any atom is 0.383 e. The summed E-state index contributed by atoms with van der Waals surface area (Å²) >= 11 is 0. The fraction of sp³-hybridized carbons (Fsp3) is 0.312. The van der Waals surface area contributed by atoms with Gasteiger partial charge in [-0.3, -0.25) is 0 Å². The Kier molecular flexibility index (Phi) is 11.0. The average Bonchev–Trinajstić information content (AvgIpc) is 2.90. The molecule has 0 N–H and O–H groups in total. The Bertz CT molecular complexity index is 1360. The molecule has 1 aromatic heterocycles. The van der Waals surface area contributed by atoms with Crippen LogP contribution in [0.3, 0.4) is 0 Å². The van der Waals surface area contributed by atoms with Crippen LogP contribution in [-0.2, 0) is 0 Å². The molecule has 1 heterocycles. The zero-order valence-corrected chi connectivity index (χ0v) is 22.6. The van der Waals surface area contributed by atoms with Gasteiger partial charge in [0.2, 0.25) is 0 Å². The van der Waals surface area contributed by atoms with Crippen LogP contribution in [0.2, 0.25) is 0 Å². The van der Waals surface area contributed by atoms with Gasteiger partial charge in [0, 0.05) is 0 Å². The number of hydrogen-bond acceptors (Lipinski definition) is 6. The third-order valence-corrected chi connectivity index (χ3v) is 5.71. The van der Waals surface area contributed by atoms with Crippen LogP contribution in [0.15, 0.2) is 93.2 Å². The molecule has 6 nitrogen and oxygen atoms in total. The maximum atomic E-state index is 13.1. The summed E-state index contributed by atoms with van der Waals surface area (Å²) in [5, 5.41) is 0.484. The highest BCUT2D eigenvalue weighted by atomic mass is 16.6. The second-order valence-corrected chi connectivity index (χ2v) is 9.13. The smallest absolute Gasteiger partial charge is 0.383 e. The van der Waals surface area contributed by atoms with Gasteiger partial charge >= 0.3 is 11.6 Å². The molecule has 0 unspecified atom stereocenters. The van der Waals surface area contributed by atoms with Crippen molar-refractivity contribution >= 4 is 16.9 Å². The van der Waals surface area contributed by atoms with Crippen LogP contribution < -0.4 is 19.8 Å². The summed E-state index contributed by atoms with van der Waals surface area (Å²) in [5.74, 6) is -0.399. The highest BCUT2D eigenvalue weighted by Gasteiger charge is 2.23. The number of carbonyl (C=O) groups is 1. The Morgan fingerprint density at radius 1 is 0.895 bits per heavy atom. The van der Waals surface area contributed by atoms with Gasteiger partial charge in [-0.05, 0) is 76.8 Å². The van der Waals surface area contributed by atoms with Gasteiger partial charge in [0.15, 0.2) is 17.1 Å². The standard InChI is InChI=1S/C32H36O6/c1-5-6-7-11-21-35-27-19-13-18-26-28(27)37-32(34)30(38-31(33)25-16-9-8-10-17-25)29(26)36-22-20-24(4)15-12-14-23(2)3/h6-10,13-14,16-20H,5,11-12,15,21-22H2,1-4H3/b7-6?,24-20+. The molecule has 0 radical (unpaired) electrons. The molecule has 0 spiro atoms. The quantitative estimate of drug-likeness (QED) is 0.0998. The zero-order valence-electron chi connectivity index (χ0n) is 22.6.